The average molecular weight is 676 g/mol. The summed E-state index contributed by atoms with van der Waals surface area (Å²) in [7, 11) is 1.24. The highest BCUT2D eigenvalue weighted by molar-refractivity contribution is 6.00. The molecule has 0 heterocycles. The van der Waals surface area contributed by atoms with E-state index in [0.717, 1.165) is 0 Å². The van der Waals surface area contributed by atoms with Gasteiger partial charge >= 0.3 is 5.97 Å². The number of carbonyl (C=O) groups is 6. The van der Waals surface area contributed by atoms with Gasteiger partial charge in [-0.25, -0.2) is 4.79 Å². The average Bonchev–Trinajstić information content (AvgIpc) is 3.01. The normalized spacial score (nSPS) is 14.4. The number of methoxy groups -OCH3 is 1. The van der Waals surface area contributed by atoms with Crippen LogP contribution >= 0.6 is 0 Å². The van der Waals surface area contributed by atoms with Gasteiger partial charge in [-0.2, -0.15) is 0 Å². The summed E-state index contributed by atoms with van der Waals surface area (Å²) in [6.07, 6.45) is -0.125. The van der Waals surface area contributed by atoms with Crippen molar-refractivity contribution < 1.29 is 38.6 Å². The van der Waals surface area contributed by atoms with Crippen LogP contribution < -0.4 is 26.6 Å². The Kier molecular flexibility index (Phi) is 18.4. The van der Waals surface area contributed by atoms with Gasteiger partial charge in [-0.15, -0.1) is 0 Å². The molecule has 0 unspecified atom stereocenters. The molecule has 1 aromatic rings. The van der Waals surface area contributed by atoms with Gasteiger partial charge in [0.25, 0.3) is 5.91 Å². The smallest absolute Gasteiger partial charge is 0.337 e. The standard InChI is InChI=1S/C35H57N5O8/c1-10-13-25(37-33(45)27(17-21(5)6)39-31(43)23-14-12-15-24(18-23)35(47)48-9)32(44)38-26(16-20(3)4)28(41)19-29(42)40-30(22(7)8)34(46)36-11-2/h12,14-15,18,20-22,25-28,30,41H,10-11,13,16-17,19H2,1-9H3,(H,36,46)(H,37,45)(H,38,44)(H,39,43)(H,40,42)/t25-,26-,27-,28-,30-/m0/s1. The summed E-state index contributed by atoms with van der Waals surface area (Å²) in [5.41, 5.74) is 0.356. The van der Waals surface area contributed by atoms with E-state index in [2.05, 4.69) is 26.6 Å². The third-order valence-corrected chi connectivity index (χ3v) is 7.61. The molecule has 0 fully saturated rings. The van der Waals surface area contributed by atoms with Crippen LogP contribution in [0.25, 0.3) is 0 Å². The van der Waals surface area contributed by atoms with Crippen molar-refractivity contribution in [3.8, 4) is 0 Å². The Balaban J connectivity index is 3.10. The van der Waals surface area contributed by atoms with Crippen molar-refractivity contribution >= 4 is 35.5 Å². The van der Waals surface area contributed by atoms with Crippen LogP contribution in [-0.2, 0) is 23.9 Å². The zero-order chi connectivity index (χ0) is 36.6. The molecule has 270 valence electrons. The van der Waals surface area contributed by atoms with Crippen LogP contribution in [0.1, 0.15) is 108 Å². The Labute approximate surface area is 285 Å². The second kappa shape index (κ2) is 21.1. The first-order valence-corrected chi connectivity index (χ1v) is 16.9. The fourth-order valence-corrected chi connectivity index (χ4v) is 5.17. The molecule has 13 heteroatoms. The maximum absolute atomic E-state index is 13.6. The van der Waals surface area contributed by atoms with E-state index in [9.17, 15) is 33.9 Å². The summed E-state index contributed by atoms with van der Waals surface area (Å²) < 4.78 is 4.73. The molecule has 0 saturated heterocycles. The summed E-state index contributed by atoms with van der Waals surface area (Å²) in [6, 6.07) is 2.40. The van der Waals surface area contributed by atoms with E-state index in [1.165, 1.54) is 31.4 Å². The summed E-state index contributed by atoms with van der Waals surface area (Å²) in [5, 5.41) is 24.8. The number of carbonyl (C=O) groups excluding carboxylic acids is 6. The molecule has 0 radical (unpaired) electrons. The van der Waals surface area contributed by atoms with E-state index in [1.54, 1.807) is 20.8 Å². The molecule has 48 heavy (non-hydrogen) atoms. The first-order valence-electron chi connectivity index (χ1n) is 16.9. The van der Waals surface area contributed by atoms with Gasteiger partial charge in [-0.1, -0.05) is 61.0 Å². The minimum Gasteiger partial charge on any atom is -0.465 e. The molecule has 5 atom stereocenters. The van der Waals surface area contributed by atoms with Crippen molar-refractivity contribution in [2.45, 2.75) is 118 Å². The van der Waals surface area contributed by atoms with Crippen LogP contribution in [-0.4, -0.2) is 84.5 Å². The Bertz CT molecular complexity index is 1240. The van der Waals surface area contributed by atoms with Crippen molar-refractivity contribution in [2.75, 3.05) is 13.7 Å². The molecule has 5 amide bonds. The number of amides is 5. The summed E-state index contributed by atoms with van der Waals surface area (Å²) in [6.45, 7) is 15.3. The lowest BCUT2D eigenvalue weighted by molar-refractivity contribution is -0.132. The molecule has 6 N–H and O–H groups in total. The molecule has 0 spiro atoms. The van der Waals surface area contributed by atoms with Crippen molar-refractivity contribution in [3.63, 3.8) is 0 Å². The Morgan fingerprint density at radius 1 is 0.771 bits per heavy atom. The topological polar surface area (TPSA) is 192 Å². The molecular formula is C35H57N5O8. The second-order valence-corrected chi connectivity index (χ2v) is 13.3. The highest BCUT2D eigenvalue weighted by atomic mass is 16.5. The third kappa shape index (κ3) is 14.4. The van der Waals surface area contributed by atoms with Crippen molar-refractivity contribution in [1.82, 2.24) is 26.6 Å². The van der Waals surface area contributed by atoms with Crippen LogP contribution in [0.2, 0.25) is 0 Å². The molecule has 0 bridgehead atoms. The summed E-state index contributed by atoms with van der Waals surface area (Å²) >= 11 is 0. The van der Waals surface area contributed by atoms with Crippen LogP contribution in [0, 0.1) is 17.8 Å². The number of rotatable bonds is 20. The number of aliphatic hydroxyl groups is 1. The van der Waals surface area contributed by atoms with Gasteiger partial charge in [0.05, 0.1) is 31.2 Å². The van der Waals surface area contributed by atoms with Crippen LogP contribution in [0.4, 0.5) is 0 Å². The van der Waals surface area contributed by atoms with Gasteiger partial charge in [-0.3, -0.25) is 24.0 Å². The Morgan fingerprint density at radius 2 is 1.38 bits per heavy atom. The predicted molar refractivity (Wildman–Crippen MR) is 183 cm³/mol. The second-order valence-electron chi connectivity index (χ2n) is 13.3. The minimum absolute atomic E-state index is 0.0148. The fraction of sp³-hybridized carbons (Fsp3) is 0.657. The monoisotopic (exact) mass is 675 g/mol. The van der Waals surface area contributed by atoms with Crippen LogP contribution in [0.3, 0.4) is 0 Å². The lowest BCUT2D eigenvalue weighted by Crippen LogP contribution is -2.57. The molecule has 0 aliphatic heterocycles. The van der Waals surface area contributed by atoms with Gasteiger partial charge < -0.3 is 36.4 Å². The lowest BCUT2D eigenvalue weighted by Gasteiger charge is -2.29. The van der Waals surface area contributed by atoms with Gasteiger partial charge in [0.1, 0.15) is 18.1 Å². The van der Waals surface area contributed by atoms with Gasteiger partial charge in [0, 0.05) is 12.1 Å². The molecule has 0 saturated carbocycles. The maximum atomic E-state index is 13.6. The number of likely N-dealkylation sites (N-methyl/N-ethyl adjacent to an activating group) is 1. The third-order valence-electron chi connectivity index (χ3n) is 7.61. The summed E-state index contributed by atoms with van der Waals surface area (Å²) in [4.78, 5) is 77.5. The predicted octanol–water partition coefficient (Wildman–Crippen LogP) is 2.46. The minimum atomic E-state index is -1.26. The van der Waals surface area contributed by atoms with E-state index in [0.29, 0.717) is 19.4 Å². The SMILES string of the molecule is CCC[C@H](NC(=O)[C@H](CC(C)C)NC(=O)c1cccc(C(=O)OC)c1)C(=O)N[C@@H](CC(C)C)[C@@H](O)CC(=O)N[C@H](C(=O)NCC)C(C)C. The quantitative estimate of drug-likeness (QED) is 0.114. The van der Waals surface area contributed by atoms with Crippen LogP contribution in [0.15, 0.2) is 24.3 Å². The molecule has 1 aromatic carbocycles. The molecule has 0 aliphatic rings. The number of ether oxygens (including phenoxy) is 1. The number of nitrogens with one attached hydrogen (secondary N) is 5. The zero-order valence-corrected chi connectivity index (χ0v) is 30.0. The number of benzene rings is 1. The molecule has 1 rings (SSSR count). The molecule has 0 aromatic heterocycles. The Hall–Kier alpha value is -4.00. The van der Waals surface area contributed by atoms with Gasteiger partial charge in [0.15, 0.2) is 0 Å². The van der Waals surface area contributed by atoms with Gasteiger partial charge in [-0.05, 0) is 62.1 Å². The van der Waals surface area contributed by atoms with E-state index in [4.69, 9.17) is 4.74 Å². The molecule has 13 nitrogen and oxygen atoms in total. The van der Waals surface area contributed by atoms with Crippen molar-refractivity contribution in [3.05, 3.63) is 35.4 Å². The van der Waals surface area contributed by atoms with E-state index in [1.807, 2.05) is 34.6 Å². The lowest BCUT2D eigenvalue weighted by atomic mass is 9.95. The van der Waals surface area contributed by atoms with Crippen LogP contribution in [0.5, 0.6) is 0 Å². The first-order chi connectivity index (χ1) is 22.5. The maximum Gasteiger partial charge on any atom is 0.337 e. The summed E-state index contributed by atoms with van der Waals surface area (Å²) in [5.74, 6) is -3.22. The number of esters is 1. The van der Waals surface area contributed by atoms with Crippen molar-refractivity contribution in [2.24, 2.45) is 17.8 Å². The first kappa shape index (κ1) is 42.0. The van der Waals surface area contributed by atoms with Crippen molar-refractivity contribution in [1.29, 1.82) is 0 Å². The highest BCUT2D eigenvalue weighted by Gasteiger charge is 2.32. The zero-order valence-electron chi connectivity index (χ0n) is 30.0. The van der Waals surface area contributed by atoms with E-state index >= 15 is 0 Å². The molecular weight excluding hydrogens is 618 g/mol. The Morgan fingerprint density at radius 3 is 1.92 bits per heavy atom. The van der Waals surface area contributed by atoms with E-state index in [-0.39, 0.29) is 54.1 Å². The number of hydrogen-bond acceptors (Lipinski definition) is 8. The fourth-order valence-electron chi connectivity index (χ4n) is 5.17. The number of aliphatic hydroxyl groups excluding tert-OH is 1. The van der Waals surface area contributed by atoms with E-state index < -0.39 is 59.9 Å². The number of hydrogen-bond donors (Lipinski definition) is 6. The molecule has 0 aliphatic carbocycles. The highest BCUT2D eigenvalue weighted by Crippen LogP contribution is 2.14. The van der Waals surface area contributed by atoms with Gasteiger partial charge in [0.2, 0.25) is 23.6 Å². The largest absolute Gasteiger partial charge is 0.465 e.